The fraction of sp³-hybridized carbons (Fsp3) is 1.00. The fourth-order valence-electron chi connectivity index (χ4n) is 0.163. The lowest BCUT2D eigenvalue weighted by molar-refractivity contribution is -0.316. The minimum Gasteiger partial charge on any atom is -0.290 e. The zero-order valence-corrected chi connectivity index (χ0v) is 6.63. The fourth-order valence-corrected chi connectivity index (χ4v) is 0.163. The van der Waals surface area contributed by atoms with Crippen LogP contribution in [0.25, 0.3) is 0 Å². The molecule has 0 aromatic rings. The molecule has 44 valence electrons. The van der Waals surface area contributed by atoms with Crippen molar-refractivity contribution in [1.82, 2.24) is 5.23 Å². The topological polar surface area (TPSA) is 43.7 Å². The van der Waals surface area contributed by atoms with E-state index in [1.165, 1.54) is 0 Å². The molecular weight excluding hydrogens is 110 g/mol. The summed E-state index contributed by atoms with van der Waals surface area (Å²) in [6.45, 7) is 1.91. The van der Waals surface area contributed by atoms with E-state index in [1.54, 1.807) is 0 Å². The lowest BCUT2D eigenvalue weighted by Gasteiger charge is -2.11. The molecule has 2 N–H and O–H groups in total. The Kier molecular flexibility index (Phi) is 3.19. The summed E-state index contributed by atoms with van der Waals surface area (Å²) in [7, 11) is 0.800. The van der Waals surface area contributed by atoms with E-state index in [2.05, 4.69) is 0 Å². The predicted octanol–water partition coefficient (Wildman–Crippen LogP) is -0.832. The largest absolute Gasteiger partial charge is 0.290 e. The molecule has 0 radical (unpaired) electrons. The van der Waals surface area contributed by atoms with Crippen LogP contribution in [0.2, 0.25) is 0 Å². The molecule has 0 aliphatic rings. The molecule has 0 saturated carbocycles. The summed E-state index contributed by atoms with van der Waals surface area (Å²) in [6.07, 6.45) is 0.805. The quantitative estimate of drug-likeness (QED) is 0.370. The molecule has 0 fully saturated rings. The van der Waals surface area contributed by atoms with Crippen molar-refractivity contribution in [3.05, 3.63) is 0 Å². The van der Waals surface area contributed by atoms with Gasteiger partial charge in [0.05, 0.1) is 0 Å². The van der Waals surface area contributed by atoms with Crippen molar-refractivity contribution in [2.24, 2.45) is 0 Å². The molecule has 0 bridgehead atoms. The highest BCUT2D eigenvalue weighted by atomic mass is 28.1. The van der Waals surface area contributed by atoms with Crippen LogP contribution in [0.3, 0.4) is 0 Å². The number of hydrogen-bond acceptors (Lipinski definition) is 3. The van der Waals surface area contributed by atoms with Gasteiger partial charge in [-0.15, -0.1) is 0 Å². The average molecular weight is 121 g/mol. The van der Waals surface area contributed by atoms with Crippen LogP contribution in [0.1, 0.15) is 13.3 Å². The van der Waals surface area contributed by atoms with Gasteiger partial charge in [-0.2, -0.15) is 0 Å². The molecule has 0 saturated heterocycles. The molecule has 4 heteroatoms. The Morgan fingerprint density at radius 2 is 2.14 bits per heavy atom. The van der Waals surface area contributed by atoms with Gasteiger partial charge < -0.3 is 0 Å². The van der Waals surface area contributed by atoms with Crippen LogP contribution in [0.15, 0.2) is 0 Å². The molecule has 0 heterocycles. The summed E-state index contributed by atoms with van der Waals surface area (Å²) >= 11 is 0. The lowest BCUT2D eigenvalue weighted by atomic mass is 10.5. The average Bonchev–Trinajstić information content (AvgIpc) is 1.65. The first-order chi connectivity index (χ1) is 3.18. The molecular formula is C3H11NO2Si. The Bertz CT molecular complexity index is 50.2. The standard InChI is InChI=1S/C3H11NO2Si/c1-2-3(7)4(5)6/h3,5-6H,2H2,1,7H3. The van der Waals surface area contributed by atoms with Crippen LogP contribution in [0.5, 0.6) is 0 Å². The second-order valence-corrected chi connectivity index (χ2v) is 2.91. The van der Waals surface area contributed by atoms with Crippen LogP contribution >= 0.6 is 0 Å². The maximum absolute atomic E-state index is 8.24. The van der Waals surface area contributed by atoms with Crippen LogP contribution in [-0.2, 0) is 0 Å². The first kappa shape index (κ1) is 7.10. The summed E-state index contributed by atoms with van der Waals surface area (Å²) < 4.78 is 0. The van der Waals surface area contributed by atoms with Gasteiger partial charge in [0.1, 0.15) is 0 Å². The van der Waals surface area contributed by atoms with E-state index in [0.717, 1.165) is 16.7 Å². The van der Waals surface area contributed by atoms with Crippen molar-refractivity contribution in [3.63, 3.8) is 0 Å². The third-order valence-corrected chi connectivity index (χ3v) is 2.26. The zero-order chi connectivity index (χ0) is 5.86. The Hall–Kier alpha value is 0.0969. The van der Waals surface area contributed by atoms with Gasteiger partial charge in [0.25, 0.3) is 0 Å². The van der Waals surface area contributed by atoms with E-state index >= 15 is 0 Å². The van der Waals surface area contributed by atoms with E-state index in [1.807, 2.05) is 6.92 Å². The lowest BCUT2D eigenvalue weighted by Crippen LogP contribution is -2.28. The molecule has 0 aliphatic heterocycles. The van der Waals surface area contributed by atoms with Gasteiger partial charge in [-0.1, -0.05) is 12.2 Å². The van der Waals surface area contributed by atoms with Gasteiger partial charge in [0, 0.05) is 15.9 Å². The number of rotatable bonds is 2. The highest BCUT2D eigenvalue weighted by Gasteiger charge is 2.01. The van der Waals surface area contributed by atoms with E-state index < -0.39 is 0 Å². The van der Waals surface area contributed by atoms with E-state index in [-0.39, 0.29) is 10.9 Å². The van der Waals surface area contributed by atoms with Crippen LogP contribution < -0.4 is 0 Å². The molecule has 3 nitrogen and oxygen atoms in total. The van der Waals surface area contributed by atoms with Crippen molar-refractivity contribution >= 4 is 10.2 Å². The van der Waals surface area contributed by atoms with Crippen molar-refractivity contribution < 1.29 is 10.4 Å². The third kappa shape index (κ3) is 2.75. The van der Waals surface area contributed by atoms with Gasteiger partial charge in [-0.25, -0.2) is 0 Å². The monoisotopic (exact) mass is 121 g/mol. The Morgan fingerprint density at radius 1 is 1.71 bits per heavy atom. The van der Waals surface area contributed by atoms with Crippen molar-refractivity contribution in [2.45, 2.75) is 19.0 Å². The van der Waals surface area contributed by atoms with Gasteiger partial charge in [0.15, 0.2) is 0 Å². The van der Waals surface area contributed by atoms with Gasteiger partial charge in [0.2, 0.25) is 0 Å². The number of hydrogen-bond donors (Lipinski definition) is 2. The summed E-state index contributed by atoms with van der Waals surface area (Å²) in [5.74, 6) is 0. The molecule has 1 unspecified atom stereocenters. The minimum atomic E-state index is -0.0139. The molecule has 0 amide bonds. The Morgan fingerprint density at radius 3 is 2.14 bits per heavy atom. The first-order valence-electron chi connectivity index (χ1n) is 2.35. The maximum atomic E-state index is 8.24. The van der Waals surface area contributed by atoms with E-state index in [9.17, 15) is 0 Å². The second-order valence-electron chi connectivity index (χ2n) is 1.58. The molecule has 0 aliphatic carbocycles. The van der Waals surface area contributed by atoms with Gasteiger partial charge >= 0.3 is 0 Å². The summed E-state index contributed by atoms with van der Waals surface area (Å²) in [5, 5.41) is 16.8. The minimum absolute atomic E-state index is 0.0139. The molecule has 0 rings (SSSR count). The summed E-state index contributed by atoms with van der Waals surface area (Å²) in [6, 6.07) is 0. The van der Waals surface area contributed by atoms with E-state index in [0.29, 0.717) is 0 Å². The molecule has 0 aromatic heterocycles. The Labute approximate surface area is 45.9 Å². The smallest absolute Gasteiger partial charge is 0.0444 e. The van der Waals surface area contributed by atoms with E-state index in [4.69, 9.17) is 10.4 Å². The van der Waals surface area contributed by atoms with Crippen LogP contribution in [0, 0.1) is 0 Å². The predicted molar refractivity (Wildman–Crippen MR) is 29.4 cm³/mol. The highest BCUT2D eigenvalue weighted by Crippen LogP contribution is 1.88. The Balaban J connectivity index is 3.14. The number of hydroxylamine groups is 2. The zero-order valence-electron chi connectivity index (χ0n) is 4.63. The molecule has 1 atom stereocenters. The van der Waals surface area contributed by atoms with Crippen molar-refractivity contribution in [3.8, 4) is 0 Å². The molecule has 0 spiro atoms. The molecule has 0 aromatic carbocycles. The van der Waals surface area contributed by atoms with Crippen molar-refractivity contribution in [2.75, 3.05) is 0 Å². The van der Waals surface area contributed by atoms with Crippen LogP contribution in [0.4, 0.5) is 0 Å². The van der Waals surface area contributed by atoms with Crippen LogP contribution in [-0.4, -0.2) is 31.5 Å². The normalized spacial score (nSPS) is 15.4. The highest BCUT2D eigenvalue weighted by molar-refractivity contribution is 6.11. The SMILES string of the molecule is CCC([SiH3])N(O)O. The summed E-state index contributed by atoms with van der Waals surface area (Å²) in [4.78, 5) is 0. The summed E-state index contributed by atoms with van der Waals surface area (Å²) in [5.41, 5.74) is -0.0139. The van der Waals surface area contributed by atoms with Crippen molar-refractivity contribution in [1.29, 1.82) is 0 Å². The maximum Gasteiger partial charge on any atom is 0.0444 e. The first-order valence-corrected chi connectivity index (χ1v) is 3.51. The molecule has 7 heavy (non-hydrogen) atoms. The van der Waals surface area contributed by atoms with Gasteiger partial charge in [-0.3, -0.25) is 10.4 Å². The second kappa shape index (κ2) is 3.14. The third-order valence-electron chi connectivity index (χ3n) is 0.985. The number of nitrogens with zero attached hydrogens (tertiary/aromatic N) is 1. The van der Waals surface area contributed by atoms with Gasteiger partial charge in [-0.05, 0) is 6.42 Å².